The van der Waals surface area contributed by atoms with Crippen LogP contribution in [0.4, 0.5) is 5.69 Å². The molecule has 2 aromatic carbocycles. The van der Waals surface area contributed by atoms with E-state index < -0.39 is 11.7 Å². The number of benzene rings is 2. The standard InChI is InChI=1S/C16H15NO5/c1-22-12-5-2-10(3-6-12)8-15(19)17-11-4-7-14(18)13(9-11)16(20)21/h2-7,9,18H,8H2,1H3,(H,17,19)(H,20,21)/p-1. The van der Waals surface area contributed by atoms with E-state index in [0.717, 1.165) is 17.7 Å². The average molecular weight is 300 g/mol. The Labute approximate surface area is 127 Å². The Morgan fingerprint density at radius 3 is 2.45 bits per heavy atom. The molecular formula is C16H14NO5-. The molecule has 0 spiro atoms. The Morgan fingerprint density at radius 1 is 1.18 bits per heavy atom. The van der Waals surface area contributed by atoms with Crippen LogP contribution in [0.15, 0.2) is 42.5 Å². The van der Waals surface area contributed by atoms with Crippen molar-refractivity contribution in [2.75, 3.05) is 12.4 Å². The number of amides is 1. The SMILES string of the molecule is COc1ccc(CC(=O)Nc2ccc([O-])c(C(=O)O)c2)cc1. The van der Waals surface area contributed by atoms with E-state index in [2.05, 4.69) is 5.32 Å². The Kier molecular flexibility index (Phi) is 4.63. The first kappa shape index (κ1) is 15.4. The minimum atomic E-state index is -1.32. The molecule has 0 heterocycles. The number of hydrogen-bond donors (Lipinski definition) is 2. The second-order valence-corrected chi connectivity index (χ2v) is 4.59. The fourth-order valence-corrected chi connectivity index (χ4v) is 1.91. The number of nitrogens with one attached hydrogen (secondary N) is 1. The van der Waals surface area contributed by atoms with Crippen molar-refractivity contribution in [1.82, 2.24) is 0 Å². The molecular weight excluding hydrogens is 286 g/mol. The first-order valence-electron chi connectivity index (χ1n) is 6.46. The van der Waals surface area contributed by atoms with Gasteiger partial charge in [0.05, 0.1) is 19.1 Å². The molecule has 0 radical (unpaired) electrons. The maximum atomic E-state index is 11.9. The number of methoxy groups -OCH3 is 1. The highest BCUT2D eigenvalue weighted by Gasteiger charge is 2.08. The molecule has 0 fully saturated rings. The molecule has 0 unspecified atom stereocenters. The van der Waals surface area contributed by atoms with E-state index >= 15 is 0 Å². The number of ether oxygens (including phenoxy) is 1. The summed E-state index contributed by atoms with van der Waals surface area (Å²) in [7, 11) is 1.56. The van der Waals surface area contributed by atoms with Gasteiger partial charge in [0.25, 0.3) is 0 Å². The molecule has 0 bridgehead atoms. The Hall–Kier alpha value is -3.02. The Morgan fingerprint density at radius 2 is 1.86 bits per heavy atom. The molecule has 2 rings (SSSR count). The van der Waals surface area contributed by atoms with Crippen molar-refractivity contribution in [1.29, 1.82) is 0 Å². The number of carbonyl (C=O) groups is 2. The number of aromatic carboxylic acids is 1. The fourth-order valence-electron chi connectivity index (χ4n) is 1.91. The summed E-state index contributed by atoms with van der Waals surface area (Å²) < 4.78 is 5.03. The van der Waals surface area contributed by atoms with Gasteiger partial charge < -0.3 is 20.3 Å². The summed E-state index contributed by atoms with van der Waals surface area (Å²) in [5, 5.41) is 22.8. The van der Waals surface area contributed by atoms with Gasteiger partial charge in [-0.1, -0.05) is 23.9 Å². The van der Waals surface area contributed by atoms with Gasteiger partial charge in [-0.25, -0.2) is 4.79 Å². The van der Waals surface area contributed by atoms with Crippen LogP contribution >= 0.6 is 0 Å². The smallest absolute Gasteiger partial charge is 0.335 e. The van der Waals surface area contributed by atoms with Crippen molar-refractivity contribution < 1.29 is 24.5 Å². The van der Waals surface area contributed by atoms with Crippen molar-refractivity contribution >= 4 is 17.6 Å². The van der Waals surface area contributed by atoms with Gasteiger partial charge in [0, 0.05) is 5.69 Å². The first-order chi connectivity index (χ1) is 10.5. The molecule has 114 valence electrons. The molecule has 0 aliphatic heterocycles. The second kappa shape index (κ2) is 6.62. The van der Waals surface area contributed by atoms with Crippen LogP contribution in [0.5, 0.6) is 11.5 Å². The van der Waals surface area contributed by atoms with Crippen molar-refractivity contribution in [3.8, 4) is 11.5 Å². The summed E-state index contributed by atoms with van der Waals surface area (Å²) in [6.07, 6.45) is 0.130. The van der Waals surface area contributed by atoms with Crippen molar-refractivity contribution in [3.05, 3.63) is 53.6 Å². The molecule has 0 aliphatic rings. The molecule has 6 heteroatoms. The zero-order valence-corrected chi connectivity index (χ0v) is 11.8. The Bertz CT molecular complexity index is 694. The van der Waals surface area contributed by atoms with E-state index in [9.17, 15) is 14.7 Å². The molecule has 1 amide bonds. The molecule has 2 N–H and O–H groups in total. The van der Waals surface area contributed by atoms with E-state index in [1.165, 1.54) is 6.07 Å². The number of carbonyl (C=O) groups excluding carboxylic acids is 1. The lowest BCUT2D eigenvalue weighted by molar-refractivity contribution is -0.268. The van der Waals surface area contributed by atoms with Gasteiger partial charge in [0.1, 0.15) is 5.75 Å². The summed E-state index contributed by atoms with van der Waals surface area (Å²) in [6.45, 7) is 0. The van der Waals surface area contributed by atoms with Gasteiger partial charge in [0.15, 0.2) is 0 Å². The molecule has 0 aromatic heterocycles. The van der Waals surface area contributed by atoms with Gasteiger partial charge in [-0.3, -0.25) is 4.79 Å². The van der Waals surface area contributed by atoms with Crippen LogP contribution in [-0.4, -0.2) is 24.1 Å². The van der Waals surface area contributed by atoms with Crippen LogP contribution in [0, 0.1) is 0 Å². The molecule has 2 aromatic rings. The molecule has 22 heavy (non-hydrogen) atoms. The van der Waals surface area contributed by atoms with E-state index in [0.29, 0.717) is 5.75 Å². The third kappa shape index (κ3) is 3.76. The zero-order valence-electron chi connectivity index (χ0n) is 11.8. The van der Waals surface area contributed by atoms with Gasteiger partial charge in [0.2, 0.25) is 5.91 Å². The van der Waals surface area contributed by atoms with Gasteiger partial charge >= 0.3 is 5.97 Å². The number of carboxylic acids is 1. The summed E-state index contributed by atoms with van der Waals surface area (Å²) in [5.74, 6) is -1.53. The minimum absolute atomic E-state index is 0.130. The summed E-state index contributed by atoms with van der Waals surface area (Å²) in [6, 6.07) is 10.7. The topological polar surface area (TPSA) is 98.7 Å². The second-order valence-electron chi connectivity index (χ2n) is 4.59. The van der Waals surface area contributed by atoms with E-state index in [4.69, 9.17) is 9.84 Å². The van der Waals surface area contributed by atoms with Crippen LogP contribution in [0.2, 0.25) is 0 Å². The van der Waals surface area contributed by atoms with Gasteiger partial charge in [-0.05, 0) is 29.8 Å². The summed E-state index contributed by atoms with van der Waals surface area (Å²) in [4.78, 5) is 22.8. The lowest BCUT2D eigenvalue weighted by Gasteiger charge is -2.12. The highest BCUT2D eigenvalue weighted by Crippen LogP contribution is 2.19. The highest BCUT2D eigenvalue weighted by molar-refractivity contribution is 5.96. The zero-order chi connectivity index (χ0) is 16.1. The van der Waals surface area contributed by atoms with Crippen molar-refractivity contribution in [3.63, 3.8) is 0 Å². The Balaban J connectivity index is 2.05. The monoisotopic (exact) mass is 300 g/mol. The lowest BCUT2D eigenvalue weighted by atomic mass is 10.1. The normalized spacial score (nSPS) is 10.0. The van der Waals surface area contributed by atoms with Crippen LogP contribution in [-0.2, 0) is 11.2 Å². The van der Waals surface area contributed by atoms with E-state index in [1.807, 2.05) is 0 Å². The van der Waals surface area contributed by atoms with Crippen LogP contribution < -0.4 is 15.2 Å². The molecule has 0 saturated carbocycles. The maximum absolute atomic E-state index is 11.9. The molecule has 6 nitrogen and oxygen atoms in total. The van der Waals surface area contributed by atoms with E-state index in [1.54, 1.807) is 31.4 Å². The van der Waals surface area contributed by atoms with E-state index in [-0.39, 0.29) is 23.6 Å². The predicted molar refractivity (Wildman–Crippen MR) is 78.2 cm³/mol. The highest BCUT2D eigenvalue weighted by atomic mass is 16.5. The third-order valence-electron chi connectivity index (χ3n) is 3.02. The summed E-state index contributed by atoms with van der Waals surface area (Å²) >= 11 is 0. The largest absolute Gasteiger partial charge is 0.872 e. The molecule has 0 aliphatic carbocycles. The average Bonchev–Trinajstić information content (AvgIpc) is 2.49. The number of anilines is 1. The summed E-state index contributed by atoms with van der Waals surface area (Å²) in [5.41, 5.74) is 0.690. The molecule has 0 saturated heterocycles. The quantitative estimate of drug-likeness (QED) is 0.874. The maximum Gasteiger partial charge on any atom is 0.335 e. The predicted octanol–water partition coefficient (Wildman–Crippen LogP) is 1.65. The first-order valence-corrected chi connectivity index (χ1v) is 6.46. The fraction of sp³-hybridized carbons (Fsp3) is 0.125. The minimum Gasteiger partial charge on any atom is -0.872 e. The molecule has 0 atom stereocenters. The van der Waals surface area contributed by atoms with Gasteiger partial charge in [-0.2, -0.15) is 0 Å². The number of hydrogen-bond acceptors (Lipinski definition) is 4. The number of carboxylic acid groups (broad SMARTS) is 1. The van der Waals surface area contributed by atoms with Crippen LogP contribution in [0.1, 0.15) is 15.9 Å². The van der Waals surface area contributed by atoms with Crippen LogP contribution in [0.3, 0.4) is 0 Å². The third-order valence-corrected chi connectivity index (χ3v) is 3.02. The van der Waals surface area contributed by atoms with Crippen molar-refractivity contribution in [2.24, 2.45) is 0 Å². The van der Waals surface area contributed by atoms with Gasteiger partial charge in [-0.15, -0.1) is 0 Å². The van der Waals surface area contributed by atoms with Crippen LogP contribution in [0.25, 0.3) is 0 Å². The van der Waals surface area contributed by atoms with Crippen molar-refractivity contribution in [2.45, 2.75) is 6.42 Å². The lowest BCUT2D eigenvalue weighted by Crippen LogP contribution is -2.15. The number of rotatable bonds is 5.